The average Bonchev–Trinajstić information content (AvgIpc) is 3.35. The van der Waals surface area contributed by atoms with Crippen molar-refractivity contribution in [3.8, 4) is 11.5 Å². The Labute approximate surface area is 207 Å². The molecule has 2 aliphatic rings. The summed E-state index contributed by atoms with van der Waals surface area (Å²) in [7, 11) is 0. The van der Waals surface area contributed by atoms with E-state index in [0.717, 1.165) is 46.9 Å². The highest BCUT2D eigenvalue weighted by atomic mass is 16.5. The number of nitrogens with one attached hydrogen (secondary N) is 1. The van der Waals surface area contributed by atoms with Gasteiger partial charge in [-0.1, -0.05) is 59.7 Å². The Morgan fingerprint density at radius 3 is 2.53 bits per heavy atom. The molecule has 9 heteroatoms. The van der Waals surface area contributed by atoms with Crippen molar-refractivity contribution < 1.29 is 13.9 Å². The third-order valence-corrected chi connectivity index (χ3v) is 6.26. The lowest BCUT2D eigenvalue weighted by molar-refractivity contribution is -0.119. The molecular weight excluding hydrogens is 456 g/mol. The molecule has 0 spiro atoms. The fourth-order valence-corrected chi connectivity index (χ4v) is 4.50. The number of Topliss-reactive ketones (excluding diaryl/α,β-unsaturated/α-hetero) is 1. The van der Waals surface area contributed by atoms with Gasteiger partial charge in [0.2, 0.25) is 0 Å². The Kier molecular flexibility index (Phi) is 5.96. The number of anilines is 2. The van der Waals surface area contributed by atoms with Crippen LogP contribution in [0.4, 0.5) is 11.8 Å². The van der Waals surface area contributed by atoms with Gasteiger partial charge in [-0.15, -0.1) is 5.10 Å². The van der Waals surface area contributed by atoms with Crippen molar-refractivity contribution in [2.75, 3.05) is 36.5 Å². The smallest absolute Gasteiger partial charge is 0.317 e. The van der Waals surface area contributed by atoms with Gasteiger partial charge >= 0.3 is 6.01 Å². The molecule has 36 heavy (non-hydrogen) atoms. The van der Waals surface area contributed by atoms with Crippen LogP contribution in [0.5, 0.6) is 0 Å². The van der Waals surface area contributed by atoms with E-state index in [1.165, 1.54) is 0 Å². The predicted molar refractivity (Wildman–Crippen MR) is 135 cm³/mol. The second-order valence-corrected chi connectivity index (χ2v) is 8.58. The third kappa shape index (κ3) is 4.36. The number of ether oxygens (including phenoxy) is 1. The van der Waals surface area contributed by atoms with E-state index in [0.29, 0.717) is 19.1 Å². The van der Waals surface area contributed by atoms with Gasteiger partial charge in [0.25, 0.3) is 5.89 Å². The van der Waals surface area contributed by atoms with Crippen LogP contribution < -0.4 is 10.2 Å². The van der Waals surface area contributed by atoms with Gasteiger partial charge in [-0.25, -0.2) is 4.98 Å². The summed E-state index contributed by atoms with van der Waals surface area (Å²) < 4.78 is 11.4. The van der Waals surface area contributed by atoms with Crippen LogP contribution >= 0.6 is 0 Å². The number of carbonyl (C=O) groups excluding carboxylic acids is 1. The SMILES string of the molecule is O=C1Cc2ccccc2C(c2ccccc2)=NC1Nc1nnc(-c2cccnc2N2CCOCC2)o1. The topological polar surface area (TPSA) is 106 Å². The van der Waals surface area contributed by atoms with Crippen LogP contribution in [0.2, 0.25) is 0 Å². The molecule has 1 saturated heterocycles. The molecule has 1 N–H and O–H groups in total. The van der Waals surface area contributed by atoms with E-state index in [1.807, 2.05) is 66.7 Å². The molecule has 2 aromatic heterocycles. The summed E-state index contributed by atoms with van der Waals surface area (Å²) in [6.45, 7) is 2.75. The van der Waals surface area contributed by atoms with E-state index in [-0.39, 0.29) is 18.2 Å². The van der Waals surface area contributed by atoms with Crippen LogP contribution in [0.1, 0.15) is 16.7 Å². The number of fused-ring (bicyclic) bond motifs is 1. The van der Waals surface area contributed by atoms with Gasteiger partial charge in [0.05, 0.1) is 24.5 Å². The summed E-state index contributed by atoms with van der Waals surface area (Å²) in [6.07, 6.45) is 1.12. The summed E-state index contributed by atoms with van der Waals surface area (Å²) in [5, 5.41) is 11.5. The van der Waals surface area contributed by atoms with Gasteiger partial charge in [-0.2, -0.15) is 0 Å². The van der Waals surface area contributed by atoms with Gasteiger partial charge in [0.15, 0.2) is 11.9 Å². The van der Waals surface area contributed by atoms with Crippen LogP contribution in [0.15, 0.2) is 82.3 Å². The second kappa shape index (κ2) is 9.71. The molecule has 2 aliphatic heterocycles. The summed E-state index contributed by atoms with van der Waals surface area (Å²) in [5.41, 5.74) is 4.29. The van der Waals surface area contributed by atoms with Crippen LogP contribution in [0, 0.1) is 0 Å². The second-order valence-electron chi connectivity index (χ2n) is 8.58. The minimum Gasteiger partial charge on any atom is -0.403 e. The van der Waals surface area contributed by atoms with Gasteiger partial charge in [0.1, 0.15) is 5.82 Å². The zero-order chi connectivity index (χ0) is 24.3. The van der Waals surface area contributed by atoms with E-state index in [9.17, 15) is 4.79 Å². The van der Waals surface area contributed by atoms with Crippen molar-refractivity contribution in [1.29, 1.82) is 0 Å². The number of hydrogen-bond acceptors (Lipinski definition) is 9. The first-order valence-electron chi connectivity index (χ1n) is 11.9. The lowest BCUT2D eigenvalue weighted by atomic mass is 9.96. The van der Waals surface area contributed by atoms with Crippen molar-refractivity contribution >= 4 is 23.3 Å². The summed E-state index contributed by atoms with van der Waals surface area (Å²) in [5.74, 6) is 1.01. The number of benzene rings is 2. The van der Waals surface area contributed by atoms with E-state index in [4.69, 9.17) is 14.1 Å². The largest absolute Gasteiger partial charge is 0.403 e. The Balaban J connectivity index is 1.32. The number of morpholine rings is 1. The Morgan fingerprint density at radius 2 is 1.67 bits per heavy atom. The van der Waals surface area contributed by atoms with Crippen molar-refractivity contribution in [3.05, 3.63) is 89.6 Å². The maximum Gasteiger partial charge on any atom is 0.317 e. The number of pyridine rings is 1. The quantitative estimate of drug-likeness (QED) is 0.464. The first-order valence-corrected chi connectivity index (χ1v) is 11.9. The predicted octanol–water partition coefficient (Wildman–Crippen LogP) is 3.37. The van der Waals surface area contributed by atoms with E-state index >= 15 is 0 Å². The number of ketones is 1. The molecule has 0 amide bonds. The summed E-state index contributed by atoms with van der Waals surface area (Å²) in [4.78, 5) is 24.7. The number of carbonyl (C=O) groups is 1. The van der Waals surface area contributed by atoms with Gasteiger partial charge < -0.3 is 19.4 Å². The molecule has 0 bridgehead atoms. The maximum atomic E-state index is 13.2. The molecule has 0 saturated carbocycles. The Bertz CT molecular complexity index is 1410. The Morgan fingerprint density at radius 1 is 0.889 bits per heavy atom. The average molecular weight is 481 g/mol. The molecule has 9 nitrogen and oxygen atoms in total. The number of aliphatic imine (C=N–C) groups is 1. The fraction of sp³-hybridized carbons (Fsp3) is 0.222. The molecule has 4 aromatic rings. The third-order valence-electron chi connectivity index (χ3n) is 6.26. The van der Waals surface area contributed by atoms with Crippen molar-refractivity contribution in [1.82, 2.24) is 15.2 Å². The summed E-state index contributed by atoms with van der Waals surface area (Å²) >= 11 is 0. The molecule has 0 radical (unpaired) electrons. The van der Waals surface area contributed by atoms with Gasteiger partial charge in [-0.05, 0) is 17.7 Å². The molecule has 0 aliphatic carbocycles. The molecule has 1 unspecified atom stereocenters. The first-order chi connectivity index (χ1) is 17.8. The highest BCUT2D eigenvalue weighted by Gasteiger charge is 2.28. The minimum atomic E-state index is -0.867. The number of nitrogens with zero attached hydrogens (tertiary/aromatic N) is 5. The summed E-state index contributed by atoms with van der Waals surface area (Å²) in [6, 6.07) is 21.6. The minimum absolute atomic E-state index is 0.0801. The molecule has 4 heterocycles. The fourth-order valence-electron chi connectivity index (χ4n) is 4.50. The lowest BCUT2D eigenvalue weighted by Gasteiger charge is -2.28. The van der Waals surface area contributed by atoms with Crippen LogP contribution in [-0.2, 0) is 16.0 Å². The van der Waals surface area contributed by atoms with Crippen molar-refractivity contribution in [2.45, 2.75) is 12.6 Å². The number of rotatable bonds is 5. The number of hydrogen-bond donors (Lipinski definition) is 1. The highest BCUT2D eigenvalue weighted by molar-refractivity contribution is 6.16. The van der Waals surface area contributed by atoms with Gasteiger partial charge in [-0.3, -0.25) is 9.79 Å². The number of aromatic nitrogens is 3. The maximum absolute atomic E-state index is 13.2. The van der Waals surface area contributed by atoms with Crippen molar-refractivity contribution in [2.24, 2.45) is 4.99 Å². The molecule has 2 aromatic carbocycles. The standard InChI is InChI=1S/C27H24N6O3/c34-22-17-19-9-4-5-10-20(19)23(18-7-2-1-3-8-18)29-24(22)30-27-32-31-26(36-27)21-11-6-12-28-25(21)33-13-15-35-16-14-33/h1-12,24H,13-17H2,(H,30,32). The molecule has 1 atom stereocenters. The van der Waals surface area contributed by atoms with E-state index in [1.54, 1.807) is 6.20 Å². The Hall–Kier alpha value is -4.37. The zero-order valence-electron chi connectivity index (χ0n) is 19.5. The normalized spacial score (nSPS) is 17.8. The lowest BCUT2D eigenvalue weighted by Crippen LogP contribution is -2.37. The first kappa shape index (κ1) is 22.1. The monoisotopic (exact) mass is 480 g/mol. The molecule has 6 rings (SSSR count). The zero-order valence-corrected chi connectivity index (χ0v) is 19.5. The highest BCUT2D eigenvalue weighted by Crippen LogP contribution is 2.30. The molecule has 180 valence electrons. The molecule has 1 fully saturated rings. The van der Waals surface area contributed by atoms with Crippen molar-refractivity contribution in [3.63, 3.8) is 0 Å². The van der Waals surface area contributed by atoms with Crippen LogP contribution in [-0.4, -0.2) is 59.1 Å². The van der Waals surface area contributed by atoms with E-state index < -0.39 is 6.17 Å². The van der Waals surface area contributed by atoms with Crippen LogP contribution in [0.3, 0.4) is 0 Å². The molecular formula is C27H24N6O3. The van der Waals surface area contributed by atoms with Gasteiger partial charge in [0, 0.05) is 36.8 Å². The van der Waals surface area contributed by atoms with E-state index in [2.05, 4.69) is 25.4 Å². The van der Waals surface area contributed by atoms with Crippen LogP contribution in [0.25, 0.3) is 11.5 Å².